The number of pyridine rings is 1. The van der Waals surface area contributed by atoms with Crippen LogP contribution in [0.4, 0.5) is 5.69 Å². The van der Waals surface area contributed by atoms with Crippen LogP contribution in [0.3, 0.4) is 0 Å². The molecule has 4 nitrogen and oxygen atoms in total. The van der Waals surface area contributed by atoms with Crippen LogP contribution in [-0.2, 0) is 0 Å². The van der Waals surface area contributed by atoms with E-state index in [-0.39, 0.29) is 5.69 Å². The lowest BCUT2D eigenvalue weighted by atomic mass is 10.2. The summed E-state index contributed by atoms with van der Waals surface area (Å²) in [5, 5.41) is 19.8. The summed E-state index contributed by atoms with van der Waals surface area (Å²) in [5.74, 6) is 0. The second-order valence-corrected chi connectivity index (χ2v) is 2.60. The maximum Gasteiger partial charge on any atom is 0.214 e. The Labute approximate surface area is 70.4 Å². The highest BCUT2D eigenvalue weighted by Gasteiger charge is 2.12. The highest BCUT2D eigenvalue weighted by molar-refractivity contribution is 5.55. The molecule has 1 rings (SSSR count). The second kappa shape index (κ2) is 2.70. The molecular formula is C8H9N3O. The quantitative estimate of drug-likeness (QED) is 0.444. The number of hydrogen-bond donors (Lipinski definition) is 1. The first kappa shape index (κ1) is 8.34. The van der Waals surface area contributed by atoms with Gasteiger partial charge in [-0.05, 0) is 0 Å². The summed E-state index contributed by atoms with van der Waals surface area (Å²) in [6, 6.07) is 3.41. The predicted molar refractivity (Wildman–Crippen MR) is 44.0 cm³/mol. The van der Waals surface area contributed by atoms with Crippen LogP contribution in [0.5, 0.6) is 0 Å². The fourth-order valence-corrected chi connectivity index (χ4v) is 1.01. The molecule has 1 heterocycles. The summed E-state index contributed by atoms with van der Waals surface area (Å²) >= 11 is 0. The second-order valence-electron chi connectivity index (χ2n) is 2.60. The number of nitriles is 1. The van der Waals surface area contributed by atoms with Crippen molar-refractivity contribution in [2.45, 2.75) is 13.8 Å². The molecule has 0 atom stereocenters. The first-order valence-electron chi connectivity index (χ1n) is 3.47. The molecule has 0 saturated carbocycles. The van der Waals surface area contributed by atoms with E-state index in [1.54, 1.807) is 13.8 Å². The predicted octanol–water partition coefficient (Wildman–Crippen LogP) is 0.391. The van der Waals surface area contributed by atoms with Crippen molar-refractivity contribution in [3.8, 4) is 6.07 Å². The Hall–Kier alpha value is -1.76. The van der Waals surface area contributed by atoms with Crippen molar-refractivity contribution in [1.82, 2.24) is 0 Å². The topological polar surface area (TPSA) is 76.8 Å². The number of hydrogen-bond acceptors (Lipinski definition) is 3. The zero-order valence-electron chi connectivity index (χ0n) is 6.96. The van der Waals surface area contributed by atoms with Crippen molar-refractivity contribution in [3.05, 3.63) is 28.2 Å². The molecule has 1 aromatic rings. The average molecular weight is 163 g/mol. The van der Waals surface area contributed by atoms with Crippen LogP contribution in [0.2, 0.25) is 0 Å². The van der Waals surface area contributed by atoms with Gasteiger partial charge < -0.3 is 10.9 Å². The summed E-state index contributed by atoms with van der Waals surface area (Å²) in [4.78, 5) is 0. The van der Waals surface area contributed by atoms with Gasteiger partial charge in [-0.15, -0.1) is 0 Å². The average Bonchev–Trinajstić information content (AvgIpc) is 2.08. The van der Waals surface area contributed by atoms with Gasteiger partial charge in [0, 0.05) is 19.9 Å². The number of nitrogens with two attached hydrogens (primary N) is 1. The van der Waals surface area contributed by atoms with E-state index in [0.717, 1.165) is 4.73 Å². The molecular weight excluding hydrogens is 154 g/mol. The lowest BCUT2D eigenvalue weighted by Crippen LogP contribution is -2.35. The molecule has 0 aliphatic rings. The summed E-state index contributed by atoms with van der Waals surface area (Å²) in [6.07, 6.45) is 0. The number of rotatable bonds is 0. The zero-order chi connectivity index (χ0) is 9.30. The Morgan fingerprint density at radius 2 is 2.17 bits per heavy atom. The largest absolute Gasteiger partial charge is 0.618 e. The van der Waals surface area contributed by atoms with Gasteiger partial charge in [0.15, 0.2) is 5.69 Å². The molecule has 0 aromatic carbocycles. The van der Waals surface area contributed by atoms with Crippen molar-refractivity contribution >= 4 is 5.69 Å². The van der Waals surface area contributed by atoms with Crippen LogP contribution in [-0.4, -0.2) is 0 Å². The summed E-state index contributed by atoms with van der Waals surface area (Å²) < 4.78 is 0.718. The minimum absolute atomic E-state index is 0.262. The van der Waals surface area contributed by atoms with Crippen molar-refractivity contribution in [1.29, 1.82) is 5.26 Å². The molecule has 0 radical (unpaired) electrons. The van der Waals surface area contributed by atoms with Gasteiger partial charge in [0.2, 0.25) is 5.69 Å². The SMILES string of the molecule is Cc1cc(C#N)c(N)c(C)[n+]1[O-]. The highest BCUT2D eigenvalue weighted by atomic mass is 16.5. The van der Waals surface area contributed by atoms with Crippen LogP contribution in [0.1, 0.15) is 17.0 Å². The summed E-state index contributed by atoms with van der Waals surface area (Å²) in [5.41, 5.74) is 7.01. The van der Waals surface area contributed by atoms with E-state index in [1.165, 1.54) is 6.07 Å². The molecule has 62 valence electrons. The van der Waals surface area contributed by atoms with Gasteiger partial charge in [0.25, 0.3) is 0 Å². The van der Waals surface area contributed by atoms with Gasteiger partial charge in [-0.1, -0.05) is 0 Å². The Morgan fingerprint density at radius 3 is 2.67 bits per heavy atom. The zero-order valence-corrected chi connectivity index (χ0v) is 6.96. The van der Waals surface area contributed by atoms with Gasteiger partial charge >= 0.3 is 0 Å². The molecule has 2 N–H and O–H groups in total. The van der Waals surface area contributed by atoms with E-state index >= 15 is 0 Å². The Bertz CT molecular complexity index is 366. The van der Waals surface area contributed by atoms with Crippen molar-refractivity contribution in [3.63, 3.8) is 0 Å². The van der Waals surface area contributed by atoms with E-state index in [0.29, 0.717) is 17.0 Å². The molecule has 0 saturated heterocycles. The molecule has 12 heavy (non-hydrogen) atoms. The van der Waals surface area contributed by atoms with Gasteiger partial charge in [0.05, 0.1) is 5.56 Å². The minimum atomic E-state index is 0.262. The molecule has 0 aliphatic carbocycles. The first-order chi connectivity index (χ1) is 5.57. The lowest BCUT2D eigenvalue weighted by Gasteiger charge is -2.06. The monoisotopic (exact) mass is 163 g/mol. The van der Waals surface area contributed by atoms with Gasteiger partial charge in [-0.2, -0.15) is 9.99 Å². The molecule has 4 heteroatoms. The Balaban J connectivity index is 3.52. The highest BCUT2D eigenvalue weighted by Crippen LogP contribution is 2.12. The van der Waals surface area contributed by atoms with Gasteiger partial charge in [0.1, 0.15) is 11.8 Å². The summed E-state index contributed by atoms with van der Waals surface area (Å²) in [7, 11) is 0. The first-order valence-corrected chi connectivity index (χ1v) is 3.47. The Morgan fingerprint density at radius 1 is 1.58 bits per heavy atom. The molecule has 1 aromatic heterocycles. The third kappa shape index (κ3) is 1.05. The molecule has 0 aliphatic heterocycles. The van der Waals surface area contributed by atoms with Gasteiger partial charge in [-0.3, -0.25) is 0 Å². The van der Waals surface area contributed by atoms with Crippen molar-refractivity contribution in [2.75, 3.05) is 5.73 Å². The third-order valence-electron chi connectivity index (χ3n) is 1.78. The van der Waals surface area contributed by atoms with Gasteiger partial charge in [-0.25, -0.2) is 0 Å². The number of nitrogens with zero attached hydrogens (tertiary/aromatic N) is 2. The van der Waals surface area contributed by atoms with Crippen LogP contribution in [0, 0.1) is 30.4 Å². The van der Waals surface area contributed by atoms with Crippen LogP contribution in [0.15, 0.2) is 6.07 Å². The normalized spacial score (nSPS) is 9.42. The molecule has 0 spiro atoms. The van der Waals surface area contributed by atoms with Crippen LogP contribution < -0.4 is 10.5 Å². The van der Waals surface area contributed by atoms with E-state index in [4.69, 9.17) is 11.0 Å². The molecule has 0 amide bonds. The molecule has 0 unspecified atom stereocenters. The number of nitrogen functional groups attached to an aromatic ring is 1. The molecule has 0 fully saturated rings. The summed E-state index contributed by atoms with van der Waals surface area (Å²) in [6.45, 7) is 3.23. The maximum atomic E-state index is 11.2. The minimum Gasteiger partial charge on any atom is -0.618 e. The Kier molecular flexibility index (Phi) is 1.88. The number of anilines is 1. The standard InChI is InChI=1S/C8H9N3O/c1-5-3-7(4-9)8(10)6(2)11(5)12/h3H,10H2,1-2H3. The van der Waals surface area contributed by atoms with Crippen molar-refractivity contribution < 1.29 is 4.73 Å². The lowest BCUT2D eigenvalue weighted by molar-refractivity contribution is -0.618. The maximum absolute atomic E-state index is 11.2. The molecule has 0 bridgehead atoms. The fourth-order valence-electron chi connectivity index (χ4n) is 1.01. The smallest absolute Gasteiger partial charge is 0.214 e. The van der Waals surface area contributed by atoms with E-state index in [9.17, 15) is 5.21 Å². The van der Waals surface area contributed by atoms with Crippen LogP contribution >= 0.6 is 0 Å². The fraction of sp³-hybridized carbons (Fsp3) is 0.250. The number of aromatic nitrogens is 1. The number of aryl methyl sites for hydroxylation is 1. The third-order valence-corrected chi connectivity index (χ3v) is 1.78. The van der Waals surface area contributed by atoms with Crippen LogP contribution in [0.25, 0.3) is 0 Å². The van der Waals surface area contributed by atoms with E-state index in [1.807, 2.05) is 6.07 Å². The van der Waals surface area contributed by atoms with Crippen molar-refractivity contribution in [2.24, 2.45) is 0 Å². The van der Waals surface area contributed by atoms with E-state index in [2.05, 4.69) is 0 Å². The van der Waals surface area contributed by atoms with E-state index < -0.39 is 0 Å².